The molecule has 1 aliphatic heterocycles. The van der Waals surface area contributed by atoms with E-state index in [1.165, 1.54) is 22.3 Å². The number of fused-ring (bicyclic) bond motifs is 9. The standard InChI is InChI=1S/C28H26NO2P/c1-4-23-25(29)26-27(31-23)28(22-15-9-10-16-24(22)32(26,30)17(2)3)20-13-7-5-11-18(20)19-12-6-8-14-21(19)28/h5-17H,4,29H2,1-3H3. The largest absolute Gasteiger partial charge is 0.461 e. The molecular weight excluding hydrogens is 413 g/mol. The summed E-state index contributed by atoms with van der Waals surface area (Å²) in [6.07, 6.45) is 0.659. The van der Waals surface area contributed by atoms with Gasteiger partial charge in [0.15, 0.2) is 7.14 Å². The number of nitrogen functional groups attached to an aromatic ring is 1. The van der Waals surface area contributed by atoms with Crippen LogP contribution in [-0.4, -0.2) is 5.66 Å². The molecule has 4 aromatic rings. The van der Waals surface area contributed by atoms with Gasteiger partial charge in [-0.3, -0.25) is 0 Å². The molecule has 0 saturated carbocycles. The summed E-state index contributed by atoms with van der Waals surface area (Å²) in [6, 6.07) is 25.3. The number of benzene rings is 3. The highest BCUT2D eigenvalue weighted by molar-refractivity contribution is 7.79. The van der Waals surface area contributed by atoms with E-state index in [0.717, 1.165) is 27.7 Å². The van der Waals surface area contributed by atoms with E-state index < -0.39 is 12.6 Å². The van der Waals surface area contributed by atoms with E-state index in [-0.39, 0.29) is 5.66 Å². The first kappa shape index (κ1) is 19.6. The summed E-state index contributed by atoms with van der Waals surface area (Å²) >= 11 is 0. The van der Waals surface area contributed by atoms with Crippen LogP contribution in [0.3, 0.4) is 0 Å². The summed E-state index contributed by atoms with van der Waals surface area (Å²) in [6.45, 7) is 6.11. The third-order valence-corrected chi connectivity index (χ3v) is 11.0. The Balaban J connectivity index is 1.89. The third-order valence-electron chi connectivity index (χ3n) is 7.34. The highest BCUT2D eigenvalue weighted by Crippen LogP contribution is 2.65. The van der Waals surface area contributed by atoms with Crippen LogP contribution in [0.2, 0.25) is 0 Å². The van der Waals surface area contributed by atoms with Gasteiger partial charge in [0.1, 0.15) is 16.9 Å². The van der Waals surface area contributed by atoms with Gasteiger partial charge in [0.25, 0.3) is 0 Å². The highest BCUT2D eigenvalue weighted by Gasteiger charge is 2.58. The summed E-state index contributed by atoms with van der Waals surface area (Å²) in [5.41, 5.74) is 12.3. The van der Waals surface area contributed by atoms with Crippen molar-refractivity contribution in [3.8, 4) is 11.1 Å². The van der Waals surface area contributed by atoms with E-state index in [1.807, 2.05) is 39.0 Å². The first-order chi connectivity index (χ1) is 15.5. The second-order valence-electron chi connectivity index (χ2n) is 9.08. The first-order valence-corrected chi connectivity index (χ1v) is 13.1. The van der Waals surface area contributed by atoms with Crippen molar-refractivity contribution in [1.82, 2.24) is 0 Å². The Kier molecular flexibility index (Phi) is 3.99. The van der Waals surface area contributed by atoms with Crippen LogP contribution < -0.4 is 16.3 Å². The molecule has 1 unspecified atom stereocenters. The number of nitrogens with two attached hydrogens (primary N) is 1. The molecule has 6 rings (SSSR count). The third kappa shape index (κ3) is 2.06. The van der Waals surface area contributed by atoms with Gasteiger partial charge in [-0.05, 0) is 27.8 Å². The van der Waals surface area contributed by atoms with Crippen molar-refractivity contribution in [3.63, 3.8) is 0 Å². The Hall–Kier alpha value is -3.03. The Morgan fingerprint density at radius 2 is 1.41 bits per heavy atom. The van der Waals surface area contributed by atoms with E-state index in [9.17, 15) is 4.57 Å². The molecule has 1 aromatic heterocycles. The van der Waals surface area contributed by atoms with Crippen molar-refractivity contribution < 1.29 is 8.98 Å². The van der Waals surface area contributed by atoms with Gasteiger partial charge in [0, 0.05) is 17.4 Å². The molecule has 2 N–H and O–H groups in total. The van der Waals surface area contributed by atoms with E-state index in [0.29, 0.717) is 12.1 Å². The van der Waals surface area contributed by atoms with Gasteiger partial charge in [0.05, 0.1) is 11.0 Å². The van der Waals surface area contributed by atoms with Gasteiger partial charge in [0.2, 0.25) is 0 Å². The van der Waals surface area contributed by atoms with E-state index >= 15 is 0 Å². The minimum atomic E-state index is -3.02. The van der Waals surface area contributed by atoms with Crippen LogP contribution in [0, 0.1) is 0 Å². The fraction of sp³-hybridized carbons (Fsp3) is 0.214. The summed E-state index contributed by atoms with van der Waals surface area (Å²) < 4.78 is 21.6. The first-order valence-electron chi connectivity index (χ1n) is 11.3. The molecule has 1 spiro atoms. The molecule has 3 nitrogen and oxygen atoms in total. The van der Waals surface area contributed by atoms with Crippen LogP contribution in [0.15, 0.2) is 77.2 Å². The van der Waals surface area contributed by atoms with Crippen molar-refractivity contribution in [3.05, 3.63) is 101 Å². The average Bonchev–Trinajstić information content (AvgIpc) is 3.31. The molecule has 0 amide bonds. The molecule has 0 radical (unpaired) electrons. The Labute approximate surface area is 188 Å². The molecule has 1 atom stereocenters. The number of hydrogen-bond acceptors (Lipinski definition) is 3. The Morgan fingerprint density at radius 1 is 0.875 bits per heavy atom. The van der Waals surface area contributed by atoms with Gasteiger partial charge in [-0.15, -0.1) is 0 Å². The molecule has 2 aliphatic rings. The lowest BCUT2D eigenvalue weighted by Gasteiger charge is -2.41. The van der Waals surface area contributed by atoms with E-state index in [1.54, 1.807) is 0 Å². The molecule has 3 aromatic carbocycles. The van der Waals surface area contributed by atoms with Crippen molar-refractivity contribution in [2.75, 3.05) is 5.73 Å². The summed E-state index contributed by atoms with van der Waals surface area (Å²) in [5, 5.41) is 1.64. The zero-order valence-corrected chi connectivity index (χ0v) is 19.4. The Morgan fingerprint density at radius 3 is 1.97 bits per heavy atom. The number of furan rings is 1. The molecule has 32 heavy (non-hydrogen) atoms. The number of rotatable bonds is 2. The smallest absolute Gasteiger partial charge is 0.151 e. The molecule has 0 fully saturated rings. The molecule has 2 heterocycles. The monoisotopic (exact) mass is 439 g/mol. The van der Waals surface area contributed by atoms with Crippen LogP contribution in [0.5, 0.6) is 0 Å². The fourth-order valence-electron chi connectivity index (χ4n) is 5.96. The SMILES string of the molecule is CCc1oc2c(c1N)P(=O)(C(C)C)c1ccccc1C21c2ccccc2-c2ccccc21. The van der Waals surface area contributed by atoms with E-state index in [2.05, 4.69) is 54.6 Å². The van der Waals surface area contributed by atoms with Crippen molar-refractivity contribution in [2.45, 2.75) is 38.3 Å². The fourth-order valence-corrected chi connectivity index (χ4v) is 9.18. The maximum Gasteiger partial charge on any atom is 0.151 e. The lowest BCUT2D eigenvalue weighted by atomic mass is 9.70. The minimum absolute atomic E-state index is 0.0868. The van der Waals surface area contributed by atoms with Crippen LogP contribution in [0.1, 0.15) is 49.0 Å². The van der Waals surface area contributed by atoms with Gasteiger partial charge >= 0.3 is 0 Å². The van der Waals surface area contributed by atoms with Crippen LogP contribution in [0.25, 0.3) is 11.1 Å². The number of aryl methyl sites for hydroxylation is 1. The summed E-state index contributed by atoms with van der Waals surface area (Å²) in [4.78, 5) is 0. The minimum Gasteiger partial charge on any atom is -0.461 e. The topological polar surface area (TPSA) is 56.2 Å². The lowest BCUT2D eigenvalue weighted by molar-refractivity contribution is 0.437. The number of hydrogen-bond donors (Lipinski definition) is 1. The maximum absolute atomic E-state index is 15.0. The van der Waals surface area contributed by atoms with Gasteiger partial charge in [-0.25, -0.2) is 0 Å². The van der Waals surface area contributed by atoms with Crippen molar-refractivity contribution >= 4 is 23.4 Å². The normalized spacial score (nSPS) is 19.5. The van der Waals surface area contributed by atoms with Crippen molar-refractivity contribution in [1.29, 1.82) is 0 Å². The van der Waals surface area contributed by atoms with E-state index in [4.69, 9.17) is 10.2 Å². The predicted molar refractivity (Wildman–Crippen MR) is 132 cm³/mol. The molecule has 4 heteroatoms. The van der Waals surface area contributed by atoms with Crippen LogP contribution in [0.4, 0.5) is 5.69 Å². The van der Waals surface area contributed by atoms with Gasteiger partial charge < -0.3 is 14.7 Å². The van der Waals surface area contributed by atoms with Gasteiger partial charge in [-0.2, -0.15) is 0 Å². The molecule has 0 saturated heterocycles. The number of anilines is 1. The molecule has 1 aliphatic carbocycles. The summed E-state index contributed by atoms with van der Waals surface area (Å²) in [7, 11) is -3.02. The maximum atomic E-state index is 15.0. The molecule has 160 valence electrons. The lowest BCUT2D eigenvalue weighted by Crippen LogP contribution is -2.44. The van der Waals surface area contributed by atoms with Crippen LogP contribution >= 0.6 is 7.14 Å². The van der Waals surface area contributed by atoms with Crippen LogP contribution in [-0.2, 0) is 16.4 Å². The predicted octanol–water partition coefficient (Wildman–Crippen LogP) is 5.82. The van der Waals surface area contributed by atoms with Crippen molar-refractivity contribution in [2.24, 2.45) is 0 Å². The average molecular weight is 439 g/mol. The molecule has 0 bridgehead atoms. The zero-order valence-electron chi connectivity index (χ0n) is 18.6. The second kappa shape index (κ2) is 6.49. The van der Waals surface area contributed by atoms with Gasteiger partial charge in [-0.1, -0.05) is 93.6 Å². The highest BCUT2D eigenvalue weighted by atomic mass is 31.2. The second-order valence-corrected chi connectivity index (χ2v) is 12.4. The quantitative estimate of drug-likeness (QED) is 0.353. The Bertz CT molecular complexity index is 1400. The molecular formula is C28H26NO2P. The summed E-state index contributed by atoms with van der Waals surface area (Å²) in [5.74, 6) is 1.48. The zero-order chi connectivity index (χ0) is 22.3.